The molecule has 0 heterocycles. The van der Waals surface area contributed by atoms with Crippen LogP contribution in [0, 0.1) is 3.57 Å². The lowest BCUT2D eigenvalue weighted by atomic mass is 10.1. The van der Waals surface area contributed by atoms with Crippen molar-refractivity contribution >= 4 is 33.1 Å². The molecule has 80 valence electrons. The van der Waals surface area contributed by atoms with Crippen molar-refractivity contribution in [1.82, 2.24) is 0 Å². The summed E-state index contributed by atoms with van der Waals surface area (Å²) >= 11 is -1.42. The van der Waals surface area contributed by atoms with E-state index < -0.39 is 33.1 Å². The zero-order valence-corrected chi connectivity index (χ0v) is 9.85. The lowest BCUT2D eigenvalue weighted by Crippen LogP contribution is -2.10. The SMILES string of the molecule is COC(=O)c1cc(I=O)ccc1C(=O)O. The maximum Gasteiger partial charge on any atom is 0.338 e. The summed E-state index contributed by atoms with van der Waals surface area (Å²) < 4.78 is 15.6. The minimum atomic E-state index is -1.42. The Balaban J connectivity index is 3.34. The molecule has 0 spiro atoms. The average Bonchev–Trinajstić information content (AvgIpc) is 2.26. The summed E-state index contributed by atoms with van der Waals surface area (Å²) in [7, 11) is 1.16. The maximum atomic E-state index is 11.2. The number of hydrogen-bond donors (Lipinski definition) is 1. The molecule has 0 aromatic heterocycles. The molecule has 1 aromatic rings. The number of aromatic carboxylic acids is 1. The van der Waals surface area contributed by atoms with Crippen molar-refractivity contribution in [2.45, 2.75) is 0 Å². The lowest BCUT2D eigenvalue weighted by Gasteiger charge is -2.03. The van der Waals surface area contributed by atoms with E-state index in [4.69, 9.17) is 5.11 Å². The second-order valence-corrected chi connectivity index (χ2v) is 4.25. The third kappa shape index (κ3) is 2.58. The Labute approximate surface area is 95.7 Å². The number of carboxylic acid groups (broad SMARTS) is 1. The predicted molar refractivity (Wildman–Crippen MR) is 58.1 cm³/mol. The van der Waals surface area contributed by atoms with Gasteiger partial charge in [-0.1, -0.05) is 0 Å². The average molecular weight is 322 g/mol. The van der Waals surface area contributed by atoms with Gasteiger partial charge < -0.3 is 9.84 Å². The zero-order valence-electron chi connectivity index (χ0n) is 7.69. The van der Waals surface area contributed by atoms with Crippen LogP contribution in [0.15, 0.2) is 18.2 Å². The highest BCUT2D eigenvalue weighted by Gasteiger charge is 2.17. The number of carbonyl (C=O) groups is 2. The summed E-state index contributed by atoms with van der Waals surface area (Å²) in [5, 5.41) is 8.80. The largest absolute Gasteiger partial charge is 0.478 e. The molecule has 0 aliphatic carbocycles. The summed E-state index contributed by atoms with van der Waals surface area (Å²) in [5.74, 6) is -1.96. The van der Waals surface area contributed by atoms with Gasteiger partial charge in [-0.25, -0.2) is 9.59 Å². The van der Waals surface area contributed by atoms with Gasteiger partial charge in [-0.2, -0.15) is 0 Å². The van der Waals surface area contributed by atoms with Gasteiger partial charge in [0.25, 0.3) is 0 Å². The third-order valence-corrected chi connectivity index (χ3v) is 2.89. The van der Waals surface area contributed by atoms with Crippen LogP contribution < -0.4 is 0 Å². The van der Waals surface area contributed by atoms with E-state index in [1.807, 2.05) is 0 Å². The van der Waals surface area contributed by atoms with Crippen LogP contribution in [0.4, 0.5) is 0 Å². The van der Waals surface area contributed by atoms with Crippen molar-refractivity contribution in [1.29, 1.82) is 0 Å². The molecule has 0 amide bonds. The van der Waals surface area contributed by atoms with Gasteiger partial charge in [-0.05, 0) is 18.2 Å². The highest BCUT2D eigenvalue weighted by Crippen LogP contribution is 2.17. The second kappa shape index (κ2) is 4.96. The molecule has 0 radical (unpaired) electrons. The summed E-state index contributed by atoms with van der Waals surface area (Å²) in [6.07, 6.45) is 0. The molecule has 0 fully saturated rings. The van der Waals surface area contributed by atoms with E-state index in [0.29, 0.717) is 3.57 Å². The van der Waals surface area contributed by atoms with Crippen LogP contribution in [0.2, 0.25) is 0 Å². The molecule has 0 aliphatic heterocycles. The number of rotatable bonds is 3. The molecule has 1 N–H and O–H groups in total. The molecule has 0 atom stereocenters. The fraction of sp³-hybridized carbons (Fsp3) is 0.111. The van der Waals surface area contributed by atoms with Gasteiger partial charge in [0, 0.05) is 3.57 Å². The Morgan fingerprint density at radius 1 is 1.33 bits per heavy atom. The first-order valence-electron chi connectivity index (χ1n) is 3.83. The van der Waals surface area contributed by atoms with E-state index in [9.17, 15) is 12.7 Å². The van der Waals surface area contributed by atoms with Crippen LogP contribution in [-0.4, -0.2) is 24.2 Å². The Morgan fingerprint density at radius 2 is 2.00 bits per heavy atom. The molecular formula is C9H7IO5. The number of carbonyl (C=O) groups excluding carboxylic acids is 1. The van der Waals surface area contributed by atoms with Gasteiger partial charge in [0.2, 0.25) is 0 Å². The fourth-order valence-electron chi connectivity index (χ4n) is 1.03. The number of methoxy groups -OCH3 is 1. The van der Waals surface area contributed by atoms with Crippen LogP contribution in [-0.2, 0) is 7.81 Å². The predicted octanol–water partition coefficient (Wildman–Crippen LogP) is 1.66. The van der Waals surface area contributed by atoms with E-state index >= 15 is 0 Å². The van der Waals surface area contributed by atoms with Crippen molar-refractivity contribution < 1.29 is 22.5 Å². The molecule has 6 heteroatoms. The fourth-order valence-corrected chi connectivity index (χ4v) is 1.79. The van der Waals surface area contributed by atoms with E-state index in [-0.39, 0.29) is 11.1 Å². The normalized spacial score (nSPS) is 9.67. The van der Waals surface area contributed by atoms with Crippen molar-refractivity contribution in [2.75, 3.05) is 7.11 Å². The molecule has 0 unspecified atom stereocenters. The number of benzene rings is 1. The molecule has 0 aliphatic rings. The molecule has 0 saturated heterocycles. The minimum absolute atomic E-state index is 0.0712. The van der Waals surface area contributed by atoms with E-state index in [0.717, 1.165) is 7.11 Å². The summed E-state index contributed by atoms with van der Waals surface area (Å²) in [5.41, 5.74) is -0.221. The van der Waals surface area contributed by atoms with Crippen LogP contribution in [0.5, 0.6) is 0 Å². The van der Waals surface area contributed by atoms with Crippen LogP contribution >= 0.6 is 21.2 Å². The minimum Gasteiger partial charge on any atom is -0.478 e. The Bertz CT molecular complexity index is 427. The molecule has 1 rings (SSSR count). The van der Waals surface area contributed by atoms with Gasteiger partial charge in [-0.3, -0.25) is 3.07 Å². The number of ether oxygens (including phenoxy) is 1. The summed E-state index contributed by atoms with van der Waals surface area (Å²) in [4.78, 5) is 22.0. The van der Waals surface area contributed by atoms with Gasteiger partial charge in [-0.15, -0.1) is 0 Å². The molecule has 5 nitrogen and oxygen atoms in total. The summed E-state index contributed by atoms with van der Waals surface area (Å²) in [6.45, 7) is 0. The number of hydrogen-bond acceptors (Lipinski definition) is 4. The van der Waals surface area contributed by atoms with E-state index in [1.54, 1.807) is 0 Å². The third-order valence-electron chi connectivity index (χ3n) is 1.71. The van der Waals surface area contributed by atoms with Crippen molar-refractivity contribution in [2.24, 2.45) is 0 Å². The van der Waals surface area contributed by atoms with E-state index in [2.05, 4.69) is 4.74 Å². The quantitative estimate of drug-likeness (QED) is 0.676. The number of esters is 1. The topological polar surface area (TPSA) is 80.7 Å². The summed E-state index contributed by atoms with van der Waals surface area (Å²) in [6, 6.07) is 3.97. The standard InChI is InChI=1S/C9H7IO5/c1-15-9(13)7-4-5(10-14)2-3-6(7)8(11)12/h2-4H,1H3,(H,11,12). The Kier molecular flexibility index (Phi) is 3.89. The first-order chi connectivity index (χ1) is 7.10. The van der Waals surface area contributed by atoms with Crippen molar-refractivity contribution in [3.8, 4) is 0 Å². The Morgan fingerprint density at radius 3 is 2.47 bits per heavy atom. The molecule has 1 aromatic carbocycles. The lowest BCUT2D eigenvalue weighted by molar-refractivity contribution is 0.0582. The van der Waals surface area contributed by atoms with Crippen LogP contribution in [0.25, 0.3) is 0 Å². The van der Waals surface area contributed by atoms with Crippen molar-refractivity contribution in [3.63, 3.8) is 0 Å². The van der Waals surface area contributed by atoms with Gasteiger partial charge in [0.1, 0.15) is 0 Å². The Hall–Kier alpha value is -1.31. The number of carboxylic acids is 1. The highest BCUT2D eigenvalue weighted by atomic mass is 127. The van der Waals surface area contributed by atoms with Crippen molar-refractivity contribution in [3.05, 3.63) is 32.9 Å². The monoisotopic (exact) mass is 322 g/mol. The molecule has 15 heavy (non-hydrogen) atoms. The van der Waals surface area contributed by atoms with Gasteiger partial charge in [0.15, 0.2) is 21.2 Å². The van der Waals surface area contributed by atoms with Crippen LogP contribution in [0.3, 0.4) is 0 Å². The number of halogens is 1. The first-order valence-corrected chi connectivity index (χ1v) is 5.79. The smallest absolute Gasteiger partial charge is 0.338 e. The molecule has 0 bridgehead atoms. The molecule has 0 saturated carbocycles. The van der Waals surface area contributed by atoms with Crippen LogP contribution in [0.1, 0.15) is 20.7 Å². The molecular weight excluding hydrogens is 315 g/mol. The van der Waals surface area contributed by atoms with Gasteiger partial charge in [0.05, 0.1) is 18.2 Å². The second-order valence-electron chi connectivity index (χ2n) is 2.56. The van der Waals surface area contributed by atoms with Gasteiger partial charge >= 0.3 is 11.9 Å². The highest BCUT2D eigenvalue weighted by molar-refractivity contribution is 14.1. The van der Waals surface area contributed by atoms with E-state index in [1.165, 1.54) is 18.2 Å². The zero-order chi connectivity index (χ0) is 11.4. The maximum absolute atomic E-state index is 11.2. The first kappa shape index (κ1) is 11.8.